The topological polar surface area (TPSA) is 23.5 Å². The molecule has 0 heterocycles. The normalized spacial score (nSPS) is 22.9. The van der Waals surface area contributed by atoms with Crippen molar-refractivity contribution >= 4 is 0 Å². The Bertz CT molecular complexity index is 575. The monoisotopic (exact) mass is 309 g/mol. The number of hydrogen-bond acceptors (Lipinski definition) is 2. The molecule has 122 valence electrons. The number of hydrogen-bond donors (Lipinski definition) is 1. The zero-order chi connectivity index (χ0) is 16.1. The molecule has 0 amide bonds. The van der Waals surface area contributed by atoms with Crippen molar-refractivity contribution in [3.8, 4) is 0 Å². The molecule has 3 rings (SSSR count). The molecule has 2 aromatic rings. The van der Waals surface area contributed by atoms with E-state index < -0.39 is 6.10 Å². The SMILES string of the molecule is CN(CC(O)c1ccccc1)C1CCC(c2ccccc2)CC1. The highest BCUT2D eigenvalue weighted by molar-refractivity contribution is 5.20. The van der Waals surface area contributed by atoms with Gasteiger partial charge in [-0.3, -0.25) is 0 Å². The van der Waals surface area contributed by atoms with Gasteiger partial charge in [0.05, 0.1) is 6.10 Å². The summed E-state index contributed by atoms with van der Waals surface area (Å²) in [5.74, 6) is 0.708. The first kappa shape index (κ1) is 16.2. The molecule has 1 fully saturated rings. The number of likely N-dealkylation sites (N-methyl/N-ethyl adjacent to an activating group) is 1. The third-order valence-corrected chi connectivity index (χ3v) is 5.24. The second-order valence-electron chi connectivity index (χ2n) is 6.78. The first-order valence-corrected chi connectivity index (χ1v) is 8.72. The van der Waals surface area contributed by atoms with Crippen molar-refractivity contribution in [3.63, 3.8) is 0 Å². The molecule has 1 aliphatic carbocycles. The van der Waals surface area contributed by atoms with E-state index in [0.717, 1.165) is 5.56 Å². The van der Waals surface area contributed by atoms with Crippen molar-refractivity contribution in [1.82, 2.24) is 4.90 Å². The van der Waals surface area contributed by atoms with Crippen LogP contribution in [0.15, 0.2) is 60.7 Å². The molecule has 0 bridgehead atoms. The van der Waals surface area contributed by atoms with Crippen LogP contribution in [-0.2, 0) is 0 Å². The van der Waals surface area contributed by atoms with Crippen molar-refractivity contribution in [2.75, 3.05) is 13.6 Å². The maximum Gasteiger partial charge on any atom is 0.0916 e. The second-order valence-corrected chi connectivity index (χ2v) is 6.78. The molecule has 1 aliphatic rings. The van der Waals surface area contributed by atoms with Gasteiger partial charge in [-0.15, -0.1) is 0 Å². The van der Waals surface area contributed by atoms with E-state index in [1.807, 2.05) is 30.3 Å². The fraction of sp³-hybridized carbons (Fsp3) is 0.429. The van der Waals surface area contributed by atoms with Gasteiger partial charge < -0.3 is 10.0 Å². The minimum Gasteiger partial charge on any atom is -0.387 e. The van der Waals surface area contributed by atoms with Gasteiger partial charge in [-0.05, 0) is 49.8 Å². The smallest absolute Gasteiger partial charge is 0.0916 e. The van der Waals surface area contributed by atoms with Crippen LogP contribution in [0.25, 0.3) is 0 Å². The molecule has 0 saturated heterocycles. The van der Waals surface area contributed by atoms with Crippen molar-refractivity contribution in [1.29, 1.82) is 0 Å². The lowest BCUT2D eigenvalue weighted by atomic mass is 9.81. The first-order valence-electron chi connectivity index (χ1n) is 8.72. The summed E-state index contributed by atoms with van der Waals surface area (Å²) in [6.07, 6.45) is 4.55. The quantitative estimate of drug-likeness (QED) is 0.886. The van der Waals surface area contributed by atoms with Crippen LogP contribution in [-0.4, -0.2) is 29.6 Å². The van der Waals surface area contributed by atoms with E-state index in [0.29, 0.717) is 18.5 Å². The number of benzene rings is 2. The number of nitrogens with zero attached hydrogens (tertiary/aromatic N) is 1. The Balaban J connectivity index is 1.51. The lowest BCUT2D eigenvalue weighted by Gasteiger charge is -2.35. The first-order chi connectivity index (χ1) is 11.2. The van der Waals surface area contributed by atoms with Gasteiger partial charge in [0.2, 0.25) is 0 Å². The number of rotatable bonds is 5. The Labute approximate surface area is 139 Å². The largest absolute Gasteiger partial charge is 0.387 e. The van der Waals surface area contributed by atoms with Crippen LogP contribution in [0.2, 0.25) is 0 Å². The lowest BCUT2D eigenvalue weighted by molar-refractivity contribution is 0.0890. The Morgan fingerprint density at radius 1 is 0.913 bits per heavy atom. The van der Waals surface area contributed by atoms with E-state index in [9.17, 15) is 5.11 Å². The molecule has 2 aromatic carbocycles. The summed E-state index contributed by atoms with van der Waals surface area (Å²) in [7, 11) is 2.15. The number of aliphatic hydroxyl groups is 1. The summed E-state index contributed by atoms with van der Waals surface area (Å²) >= 11 is 0. The molecule has 1 atom stereocenters. The highest BCUT2D eigenvalue weighted by Gasteiger charge is 2.26. The molecular formula is C21H27NO. The maximum atomic E-state index is 10.4. The van der Waals surface area contributed by atoms with Crippen LogP contribution >= 0.6 is 0 Å². The minimum atomic E-state index is -0.395. The molecule has 1 unspecified atom stereocenters. The third-order valence-electron chi connectivity index (χ3n) is 5.24. The summed E-state index contributed by atoms with van der Waals surface area (Å²) in [4.78, 5) is 2.35. The third kappa shape index (κ3) is 4.21. The summed E-state index contributed by atoms with van der Waals surface area (Å²) in [6.45, 7) is 0.713. The van der Waals surface area contributed by atoms with Crippen LogP contribution in [0.5, 0.6) is 0 Å². The highest BCUT2D eigenvalue weighted by Crippen LogP contribution is 2.34. The molecule has 2 nitrogen and oxygen atoms in total. The van der Waals surface area contributed by atoms with Gasteiger partial charge >= 0.3 is 0 Å². The lowest BCUT2D eigenvalue weighted by Crippen LogP contribution is -2.37. The zero-order valence-corrected chi connectivity index (χ0v) is 13.9. The predicted octanol–water partition coefficient (Wildman–Crippen LogP) is 4.38. The van der Waals surface area contributed by atoms with E-state index >= 15 is 0 Å². The zero-order valence-electron chi connectivity index (χ0n) is 13.9. The molecule has 0 spiro atoms. The van der Waals surface area contributed by atoms with Gasteiger partial charge in [0.15, 0.2) is 0 Å². The second kappa shape index (κ2) is 7.76. The molecular weight excluding hydrogens is 282 g/mol. The van der Waals surface area contributed by atoms with Crippen molar-refractivity contribution in [2.45, 2.75) is 43.7 Å². The van der Waals surface area contributed by atoms with Gasteiger partial charge in [-0.1, -0.05) is 60.7 Å². The number of aliphatic hydroxyl groups excluding tert-OH is 1. The van der Waals surface area contributed by atoms with Gasteiger partial charge in [0, 0.05) is 12.6 Å². The van der Waals surface area contributed by atoms with Crippen LogP contribution in [0.4, 0.5) is 0 Å². The molecule has 0 aliphatic heterocycles. The Morgan fingerprint density at radius 2 is 1.48 bits per heavy atom. The van der Waals surface area contributed by atoms with E-state index in [-0.39, 0.29) is 0 Å². The van der Waals surface area contributed by atoms with E-state index in [4.69, 9.17) is 0 Å². The average Bonchev–Trinajstić information content (AvgIpc) is 2.63. The molecule has 0 aromatic heterocycles. The highest BCUT2D eigenvalue weighted by atomic mass is 16.3. The molecule has 1 saturated carbocycles. The average molecular weight is 309 g/mol. The molecule has 23 heavy (non-hydrogen) atoms. The van der Waals surface area contributed by atoms with Crippen LogP contribution in [0, 0.1) is 0 Å². The fourth-order valence-corrected chi connectivity index (χ4v) is 3.78. The van der Waals surface area contributed by atoms with Crippen LogP contribution < -0.4 is 0 Å². The minimum absolute atomic E-state index is 0.395. The van der Waals surface area contributed by atoms with E-state index in [1.54, 1.807) is 0 Å². The maximum absolute atomic E-state index is 10.4. The van der Waals surface area contributed by atoms with Crippen molar-refractivity contribution < 1.29 is 5.11 Å². The summed E-state index contributed by atoms with van der Waals surface area (Å²) < 4.78 is 0. The fourth-order valence-electron chi connectivity index (χ4n) is 3.78. The van der Waals surface area contributed by atoms with Crippen LogP contribution in [0.1, 0.15) is 48.8 Å². The summed E-state index contributed by atoms with van der Waals surface area (Å²) in [5, 5.41) is 10.4. The molecule has 0 radical (unpaired) electrons. The van der Waals surface area contributed by atoms with Crippen molar-refractivity contribution in [3.05, 3.63) is 71.8 Å². The van der Waals surface area contributed by atoms with Gasteiger partial charge in [-0.25, -0.2) is 0 Å². The van der Waals surface area contributed by atoms with Gasteiger partial charge in [0.1, 0.15) is 0 Å². The van der Waals surface area contributed by atoms with Gasteiger partial charge in [0.25, 0.3) is 0 Å². The van der Waals surface area contributed by atoms with E-state index in [1.165, 1.54) is 31.2 Å². The van der Waals surface area contributed by atoms with Crippen LogP contribution in [0.3, 0.4) is 0 Å². The molecule has 2 heteroatoms. The molecule has 1 N–H and O–H groups in total. The Hall–Kier alpha value is -1.64. The van der Waals surface area contributed by atoms with Gasteiger partial charge in [-0.2, -0.15) is 0 Å². The Kier molecular flexibility index (Phi) is 5.47. The predicted molar refractivity (Wildman–Crippen MR) is 95.5 cm³/mol. The summed E-state index contributed by atoms with van der Waals surface area (Å²) in [5.41, 5.74) is 2.50. The van der Waals surface area contributed by atoms with Crippen molar-refractivity contribution in [2.24, 2.45) is 0 Å². The van der Waals surface area contributed by atoms with E-state index in [2.05, 4.69) is 42.3 Å². The standard InChI is InChI=1S/C21H27NO/c1-22(16-21(23)19-10-6-3-7-11-19)20-14-12-18(13-15-20)17-8-4-2-5-9-17/h2-11,18,20-21,23H,12-16H2,1H3. The Morgan fingerprint density at radius 3 is 2.09 bits per heavy atom. The summed E-state index contributed by atoms with van der Waals surface area (Å²) in [6, 6.07) is 21.5.